The largest absolute Gasteiger partial charge is 0.352 e. The van der Waals surface area contributed by atoms with Crippen LogP contribution in [0.2, 0.25) is 0 Å². The van der Waals surface area contributed by atoms with Crippen LogP contribution in [0.4, 0.5) is 0 Å². The molecule has 0 unspecified atom stereocenters. The van der Waals surface area contributed by atoms with Gasteiger partial charge in [0.1, 0.15) is 0 Å². The van der Waals surface area contributed by atoms with Crippen LogP contribution in [0.3, 0.4) is 0 Å². The predicted octanol–water partition coefficient (Wildman–Crippen LogP) is 1.87. The Hall–Kier alpha value is -2.26. The van der Waals surface area contributed by atoms with Crippen LogP contribution in [0.15, 0.2) is 59.5 Å². The summed E-state index contributed by atoms with van der Waals surface area (Å²) in [7, 11) is -0.511. The SMILES string of the molecule is CN(C)S(=O)(=O)c1ccc(C(=O)NCCCN2CCN(Cc3ccccc3)CC2)cc1. The number of piperazine rings is 1. The summed E-state index contributed by atoms with van der Waals surface area (Å²) in [5.74, 6) is -0.179. The Labute approximate surface area is 185 Å². The molecule has 0 radical (unpaired) electrons. The number of hydrogen-bond acceptors (Lipinski definition) is 5. The number of rotatable bonds is 9. The Morgan fingerprint density at radius 1 is 0.935 bits per heavy atom. The molecule has 0 spiro atoms. The van der Waals surface area contributed by atoms with E-state index in [4.69, 9.17) is 0 Å². The first-order valence-corrected chi connectivity index (χ1v) is 12.1. The lowest BCUT2D eigenvalue weighted by Gasteiger charge is -2.34. The summed E-state index contributed by atoms with van der Waals surface area (Å²) in [6.07, 6.45) is 0.886. The van der Waals surface area contributed by atoms with Gasteiger partial charge in [-0.1, -0.05) is 30.3 Å². The lowest BCUT2D eigenvalue weighted by molar-refractivity contribution is 0.0947. The summed E-state index contributed by atoms with van der Waals surface area (Å²) < 4.78 is 25.4. The Morgan fingerprint density at radius 3 is 2.16 bits per heavy atom. The molecule has 31 heavy (non-hydrogen) atoms. The highest BCUT2D eigenvalue weighted by Crippen LogP contribution is 2.14. The lowest BCUT2D eigenvalue weighted by atomic mass is 10.2. The highest BCUT2D eigenvalue weighted by Gasteiger charge is 2.18. The first-order valence-electron chi connectivity index (χ1n) is 10.7. The van der Waals surface area contributed by atoms with Crippen LogP contribution in [-0.4, -0.2) is 81.8 Å². The van der Waals surface area contributed by atoms with E-state index in [9.17, 15) is 13.2 Å². The van der Waals surface area contributed by atoms with Crippen molar-refractivity contribution in [1.29, 1.82) is 0 Å². The molecule has 1 fully saturated rings. The summed E-state index contributed by atoms with van der Waals surface area (Å²) in [5, 5.41) is 2.93. The van der Waals surface area contributed by atoms with Gasteiger partial charge in [0.05, 0.1) is 4.90 Å². The molecule has 0 aliphatic carbocycles. The van der Waals surface area contributed by atoms with Crippen molar-refractivity contribution < 1.29 is 13.2 Å². The molecule has 8 heteroatoms. The van der Waals surface area contributed by atoms with Crippen molar-refractivity contribution in [1.82, 2.24) is 19.4 Å². The molecule has 2 aromatic rings. The van der Waals surface area contributed by atoms with Crippen molar-refractivity contribution in [2.75, 3.05) is 53.4 Å². The maximum absolute atomic E-state index is 12.3. The average molecular weight is 445 g/mol. The zero-order valence-electron chi connectivity index (χ0n) is 18.3. The van der Waals surface area contributed by atoms with Crippen LogP contribution in [0.5, 0.6) is 0 Å². The van der Waals surface area contributed by atoms with E-state index in [0.717, 1.165) is 50.0 Å². The van der Waals surface area contributed by atoms with Crippen molar-refractivity contribution in [2.45, 2.75) is 17.9 Å². The third-order valence-corrected chi connectivity index (χ3v) is 7.37. The first-order chi connectivity index (χ1) is 14.9. The minimum Gasteiger partial charge on any atom is -0.352 e. The van der Waals surface area contributed by atoms with Crippen LogP contribution >= 0.6 is 0 Å². The van der Waals surface area contributed by atoms with Crippen molar-refractivity contribution in [3.8, 4) is 0 Å². The second kappa shape index (κ2) is 10.9. The fourth-order valence-electron chi connectivity index (χ4n) is 3.61. The van der Waals surface area contributed by atoms with Crippen molar-refractivity contribution in [3.63, 3.8) is 0 Å². The maximum atomic E-state index is 12.3. The number of nitrogens with one attached hydrogen (secondary N) is 1. The normalized spacial score (nSPS) is 15.8. The van der Waals surface area contributed by atoms with Gasteiger partial charge in [-0.15, -0.1) is 0 Å². The van der Waals surface area contributed by atoms with Crippen LogP contribution in [0, 0.1) is 0 Å². The van der Waals surface area contributed by atoms with Gasteiger partial charge < -0.3 is 10.2 Å². The van der Waals surface area contributed by atoms with Gasteiger partial charge in [-0.05, 0) is 42.8 Å². The van der Waals surface area contributed by atoms with Crippen molar-refractivity contribution in [3.05, 3.63) is 65.7 Å². The zero-order valence-corrected chi connectivity index (χ0v) is 19.1. The fourth-order valence-corrected chi connectivity index (χ4v) is 4.51. The second-order valence-corrected chi connectivity index (χ2v) is 10.2. The number of amides is 1. The average Bonchev–Trinajstić information content (AvgIpc) is 2.78. The van der Waals surface area contributed by atoms with E-state index in [0.29, 0.717) is 12.1 Å². The van der Waals surface area contributed by atoms with Crippen molar-refractivity contribution >= 4 is 15.9 Å². The van der Waals surface area contributed by atoms with E-state index in [1.54, 1.807) is 12.1 Å². The lowest BCUT2D eigenvalue weighted by Crippen LogP contribution is -2.46. The topological polar surface area (TPSA) is 73.0 Å². The van der Waals surface area contributed by atoms with Gasteiger partial charge in [-0.3, -0.25) is 9.69 Å². The highest BCUT2D eigenvalue weighted by atomic mass is 32.2. The molecule has 1 heterocycles. The molecule has 0 aromatic heterocycles. The zero-order chi connectivity index (χ0) is 22.3. The number of benzene rings is 2. The molecule has 1 saturated heterocycles. The summed E-state index contributed by atoms with van der Waals surface area (Å²) in [6, 6.07) is 16.6. The van der Waals surface area contributed by atoms with Gasteiger partial charge in [-0.25, -0.2) is 12.7 Å². The molecule has 2 aromatic carbocycles. The quantitative estimate of drug-likeness (QED) is 0.598. The predicted molar refractivity (Wildman–Crippen MR) is 122 cm³/mol. The molecule has 0 saturated carbocycles. The smallest absolute Gasteiger partial charge is 0.251 e. The summed E-state index contributed by atoms with van der Waals surface area (Å²) in [4.78, 5) is 17.4. The van der Waals surface area contributed by atoms with E-state index in [1.807, 2.05) is 6.07 Å². The van der Waals surface area contributed by atoms with Crippen LogP contribution < -0.4 is 5.32 Å². The fraction of sp³-hybridized carbons (Fsp3) is 0.435. The third-order valence-electron chi connectivity index (χ3n) is 5.55. The molecular weight excluding hydrogens is 412 g/mol. The molecule has 168 valence electrons. The molecule has 0 bridgehead atoms. The Kier molecular flexibility index (Phi) is 8.20. The number of sulfonamides is 1. The second-order valence-electron chi connectivity index (χ2n) is 8.02. The van der Waals surface area contributed by atoms with Crippen LogP contribution in [-0.2, 0) is 16.6 Å². The third kappa shape index (κ3) is 6.61. The maximum Gasteiger partial charge on any atom is 0.251 e. The van der Waals surface area contributed by atoms with E-state index in [-0.39, 0.29) is 10.8 Å². The summed E-state index contributed by atoms with van der Waals surface area (Å²) >= 11 is 0. The van der Waals surface area contributed by atoms with Gasteiger partial charge in [0.15, 0.2) is 0 Å². The van der Waals surface area contributed by atoms with Gasteiger partial charge in [0, 0.05) is 58.9 Å². The van der Waals surface area contributed by atoms with Crippen molar-refractivity contribution in [2.24, 2.45) is 0 Å². The first kappa shape index (κ1) is 23.4. The van der Waals surface area contributed by atoms with E-state index in [1.165, 1.54) is 31.8 Å². The number of carbonyl (C=O) groups is 1. The molecular formula is C23H32N4O3S. The number of nitrogens with zero attached hydrogens (tertiary/aromatic N) is 3. The minimum absolute atomic E-state index is 0.179. The molecule has 1 amide bonds. The van der Waals surface area contributed by atoms with Gasteiger partial charge >= 0.3 is 0 Å². The minimum atomic E-state index is -3.48. The van der Waals surface area contributed by atoms with Gasteiger partial charge in [0.25, 0.3) is 5.91 Å². The highest BCUT2D eigenvalue weighted by molar-refractivity contribution is 7.89. The van der Waals surface area contributed by atoms with Gasteiger partial charge in [-0.2, -0.15) is 0 Å². The summed E-state index contributed by atoms with van der Waals surface area (Å²) in [6.45, 7) is 6.76. The molecule has 1 aliphatic heterocycles. The Bertz CT molecular complexity index is 939. The summed E-state index contributed by atoms with van der Waals surface area (Å²) in [5.41, 5.74) is 1.82. The van der Waals surface area contributed by atoms with E-state index >= 15 is 0 Å². The Balaban J connectivity index is 1.35. The molecule has 0 atom stereocenters. The molecule has 1 aliphatic rings. The standard InChI is InChI=1S/C23H32N4O3S/c1-25(2)31(29,30)22-11-9-21(10-12-22)23(28)24-13-6-14-26-15-17-27(18-16-26)19-20-7-4-3-5-8-20/h3-5,7-12H,6,13-19H2,1-2H3,(H,24,28). The van der Waals surface area contributed by atoms with Crippen LogP contribution in [0.1, 0.15) is 22.3 Å². The Morgan fingerprint density at radius 2 is 1.55 bits per heavy atom. The van der Waals surface area contributed by atoms with E-state index < -0.39 is 10.0 Å². The van der Waals surface area contributed by atoms with Gasteiger partial charge in [0.2, 0.25) is 10.0 Å². The number of hydrogen-bond donors (Lipinski definition) is 1. The van der Waals surface area contributed by atoms with Crippen LogP contribution in [0.25, 0.3) is 0 Å². The monoisotopic (exact) mass is 444 g/mol. The number of carbonyl (C=O) groups excluding carboxylic acids is 1. The molecule has 3 rings (SSSR count). The molecule has 1 N–H and O–H groups in total. The van der Waals surface area contributed by atoms with E-state index in [2.05, 4.69) is 39.4 Å². The molecule has 7 nitrogen and oxygen atoms in total.